The standard InChI is InChI=1S/C20H24ClN3O7S/c1-28-16-7-6-14(10-15(16)21)24(32(5,26)27)12-19(25)23-22-11-13-8-17(29-2)20(31-4)18(9-13)30-3/h6-11H,12H2,1-5H3,(H,23,25)/b22-11-. The van der Waals surface area contributed by atoms with Crippen LogP contribution in [-0.2, 0) is 14.8 Å². The van der Waals surface area contributed by atoms with E-state index in [0.717, 1.165) is 10.6 Å². The molecule has 0 fully saturated rings. The van der Waals surface area contributed by atoms with Crippen molar-refractivity contribution in [2.24, 2.45) is 5.10 Å². The lowest BCUT2D eigenvalue weighted by Crippen LogP contribution is -2.39. The Hall–Kier alpha value is -3.18. The maximum absolute atomic E-state index is 12.4. The summed E-state index contributed by atoms with van der Waals surface area (Å²) in [7, 11) is 2.10. The molecule has 0 spiro atoms. The molecule has 1 amide bonds. The lowest BCUT2D eigenvalue weighted by Gasteiger charge is -2.22. The van der Waals surface area contributed by atoms with Gasteiger partial charge in [-0.25, -0.2) is 13.8 Å². The minimum Gasteiger partial charge on any atom is -0.495 e. The van der Waals surface area contributed by atoms with E-state index in [0.29, 0.717) is 28.6 Å². The molecule has 0 aliphatic carbocycles. The zero-order valence-corrected chi connectivity index (χ0v) is 19.8. The Kier molecular flexibility index (Phi) is 8.56. The van der Waals surface area contributed by atoms with Crippen LogP contribution in [0.4, 0.5) is 5.69 Å². The van der Waals surface area contributed by atoms with Gasteiger partial charge in [0.05, 0.1) is 51.6 Å². The number of methoxy groups -OCH3 is 4. The molecule has 2 aromatic rings. The van der Waals surface area contributed by atoms with Crippen LogP contribution in [0.3, 0.4) is 0 Å². The summed E-state index contributed by atoms with van der Waals surface area (Å²) in [5.74, 6) is 0.964. The number of ether oxygens (including phenoxy) is 4. The minimum atomic E-state index is -3.78. The molecule has 12 heteroatoms. The Labute approximate surface area is 191 Å². The van der Waals surface area contributed by atoms with Crippen LogP contribution in [0.5, 0.6) is 23.0 Å². The normalized spacial score (nSPS) is 11.2. The second kappa shape index (κ2) is 10.9. The van der Waals surface area contributed by atoms with Crippen LogP contribution in [0.25, 0.3) is 0 Å². The Morgan fingerprint density at radius 2 is 1.62 bits per heavy atom. The van der Waals surface area contributed by atoms with E-state index in [4.69, 9.17) is 30.5 Å². The van der Waals surface area contributed by atoms with Crippen LogP contribution in [-0.4, -0.2) is 61.8 Å². The molecule has 0 aliphatic heterocycles. The number of anilines is 1. The second-order valence-electron chi connectivity index (χ2n) is 6.34. The summed E-state index contributed by atoms with van der Waals surface area (Å²) < 4.78 is 46.2. The molecule has 0 unspecified atom stereocenters. The van der Waals surface area contributed by atoms with Crippen molar-refractivity contribution in [1.82, 2.24) is 5.43 Å². The van der Waals surface area contributed by atoms with Crippen LogP contribution in [0.2, 0.25) is 5.02 Å². The number of amides is 1. The molecule has 0 saturated heterocycles. The number of hydrazone groups is 1. The molecule has 0 aliphatic rings. The number of halogens is 1. The molecule has 0 aromatic heterocycles. The monoisotopic (exact) mass is 485 g/mol. The molecule has 1 N–H and O–H groups in total. The summed E-state index contributed by atoms with van der Waals surface area (Å²) in [6.07, 6.45) is 2.34. The smallest absolute Gasteiger partial charge is 0.260 e. The van der Waals surface area contributed by atoms with Gasteiger partial charge in [0.25, 0.3) is 5.91 Å². The van der Waals surface area contributed by atoms with Crippen molar-refractivity contribution in [3.05, 3.63) is 40.9 Å². The van der Waals surface area contributed by atoms with E-state index in [2.05, 4.69) is 10.5 Å². The van der Waals surface area contributed by atoms with Crippen LogP contribution >= 0.6 is 11.6 Å². The maximum Gasteiger partial charge on any atom is 0.260 e. The quantitative estimate of drug-likeness (QED) is 0.405. The largest absolute Gasteiger partial charge is 0.495 e. The molecule has 0 heterocycles. The predicted octanol–water partition coefficient (Wildman–Crippen LogP) is 2.29. The van der Waals surface area contributed by atoms with E-state index >= 15 is 0 Å². The first-order chi connectivity index (χ1) is 15.1. The molecule has 32 heavy (non-hydrogen) atoms. The highest BCUT2D eigenvalue weighted by Crippen LogP contribution is 2.37. The van der Waals surface area contributed by atoms with Gasteiger partial charge in [0.1, 0.15) is 12.3 Å². The van der Waals surface area contributed by atoms with Gasteiger partial charge >= 0.3 is 0 Å². The second-order valence-corrected chi connectivity index (χ2v) is 8.65. The van der Waals surface area contributed by atoms with Crippen molar-refractivity contribution in [2.45, 2.75) is 0 Å². The molecular formula is C20H24ClN3O7S. The van der Waals surface area contributed by atoms with Crippen molar-refractivity contribution >= 4 is 39.4 Å². The number of hydrogen-bond donors (Lipinski definition) is 1. The third-order valence-electron chi connectivity index (χ3n) is 4.20. The topological polar surface area (TPSA) is 116 Å². The number of nitrogens with one attached hydrogen (secondary N) is 1. The molecule has 174 valence electrons. The third kappa shape index (κ3) is 6.17. The number of carbonyl (C=O) groups excluding carboxylic acids is 1. The van der Waals surface area contributed by atoms with Crippen LogP contribution in [0.1, 0.15) is 5.56 Å². The van der Waals surface area contributed by atoms with Crippen molar-refractivity contribution < 1.29 is 32.2 Å². The fourth-order valence-electron chi connectivity index (χ4n) is 2.73. The molecule has 0 atom stereocenters. The zero-order chi connectivity index (χ0) is 23.9. The van der Waals surface area contributed by atoms with Crippen molar-refractivity contribution in [1.29, 1.82) is 0 Å². The lowest BCUT2D eigenvalue weighted by atomic mass is 10.2. The van der Waals surface area contributed by atoms with Crippen molar-refractivity contribution in [2.75, 3.05) is 45.5 Å². The average Bonchev–Trinajstić information content (AvgIpc) is 2.75. The minimum absolute atomic E-state index is 0.208. The van der Waals surface area contributed by atoms with Gasteiger partial charge in [-0.15, -0.1) is 0 Å². The van der Waals surface area contributed by atoms with Crippen LogP contribution in [0, 0.1) is 0 Å². The van der Waals surface area contributed by atoms with E-state index in [1.165, 1.54) is 52.9 Å². The summed E-state index contributed by atoms with van der Waals surface area (Å²) in [5.41, 5.74) is 3.07. The summed E-state index contributed by atoms with van der Waals surface area (Å²) in [4.78, 5) is 12.4. The number of benzene rings is 2. The van der Waals surface area contributed by atoms with E-state index < -0.39 is 22.5 Å². The van der Waals surface area contributed by atoms with Crippen LogP contribution in [0.15, 0.2) is 35.4 Å². The number of hydrogen-bond acceptors (Lipinski definition) is 8. The van der Waals surface area contributed by atoms with Crippen molar-refractivity contribution in [3.8, 4) is 23.0 Å². The highest BCUT2D eigenvalue weighted by molar-refractivity contribution is 7.92. The highest BCUT2D eigenvalue weighted by Gasteiger charge is 2.22. The Morgan fingerprint density at radius 1 is 1.03 bits per heavy atom. The SMILES string of the molecule is COc1ccc(N(CC(=O)N/N=C\c2cc(OC)c(OC)c(OC)c2)S(C)(=O)=O)cc1Cl. The first-order valence-corrected chi connectivity index (χ1v) is 11.3. The molecule has 10 nitrogen and oxygen atoms in total. The number of carbonyl (C=O) groups is 1. The number of sulfonamides is 1. The first-order valence-electron chi connectivity index (χ1n) is 9.07. The average molecular weight is 486 g/mol. The summed E-state index contributed by atoms with van der Waals surface area (Å²) in [5, 5.41) is 4.09. The third-order valence-corrected chi connectivity index (χ3v) is 5.64. The van der Waals surface area contributed by atoms with E-state index in [9.17, 15) is 13.2 Å². The van der Waals surface area contributed by atoms with Gasteiger partial charge in [-0.05, 0) is 30.3 Å². The fourth-order valence-corrected chi connectivity index (χ4v) is 3.83. The van der Waals surface area contributed by atoms with Gasteiger partial charge in [-0.2, -0.15) is 5.10 Å². The highest BCUT2D eigenvalue weighted by atomic mass is 35.5. The molecular weight excluding hydrogens is 462 g/mol. The first kappa shape index (κ1) is 25.1. The van der Waals surface area contributed by atoms with Gasteiger partial charge < -0.3 is 18.9 Å². The Bertz CT molecular complexity index is 1080. The zero-order valence-electron chi connectivity index (χ0n) is 18.2. The molecule has 2 aromatic carbocycles. The van der Waals surface area contributed by atoms with Crippen LogP contribution < -0.4 is 28.7 Å². The van der Waals surface area contributed by atoms with E-state index in [1.54, 1.807) is 12.1 Å². The summed E-state index contributed by atoms with van der Waals surface area (Å²) >= 11 is 6.08. The number of rotatable bonds is 10. The Morgan fingerprint density at radius 3 is 2.09 bits per heavy atom. The van der Waals surface area contributed by atoms with Crippen molar-refractivity contribution in [3.63, 3.8) is 0 Å². The molecule has 0 saturated carbocycles. The predicted molar refractivity (Wildman–Crippen MR) is 122 cm³/mol. The van der Waals surface area contributed by atoms with E-state index in [-0.39, 0.29) is 10.7 Å². The maximum atomic E-state index is 12.4. The fraction of sp³-hybridized carbons (Fsp3) is 0.300. The summed E-state index contributed by atoms with van der Waals surface area (Å²) in [6, 6.07) is 7.67. The summed E-state index contributed by atoms with van der Waals surface area (Å²) in [6.45, 7) is -0.506. The Balaban J connectivity index is 2.18. The van der Waals surface area contributed by atoms with E-state index in [1.807, 2.05) is 0 Å². The molecule has 0 bridgehead atoms. The van der Waals surface area contributed by atoms with Gasteiger partial charge in [0.15, 0.2) is 11.5 Å². The van der Waals surface area contributed by atoms with Gasteiger partial charge in [0, 0.05) is 5.56 Å². The van der Waals surface area contributed by atoms with Gasteiger partial charge in [0.2, 0.25) is 15.8 Å². The van der Waals surface area contributed by atoms with Gasteiger partial charge in [-0.3, -0.25) is 9.10 Å². The molecule has 0 radical (unpaired) electrons. The lowest BCUT2D eigenvalue weighted by molar-refractivity contribution is -0.119. The molecule has 2 rings (SSSR count). The van der Waals surface area contributed by atoms with Gasteiger partial charge in [-0.1, -0.05) is 11.6 Å². The number of nitrogens with zero attached hydrogens (tertiary/aromatic N) is 2.